The second-order valence-electron chi connectivity index (χ2n) is 5.17. The molecule has 0 amide bonds. The molecular weight excluding hydrogens is 264 g/mol. The number of hydrogen-bond donors (Lipinski definition) is 1. The van der Waals surface area contributed by atoms with Crippen molar-refractivity contribution in [1.29, 1.82) is 0 Å². The molecule has 0 saturated heterocycles. The highest BCUT2D eigenvalue weighted by molar-refractivity contribution is 6.01. The highest BCUT2D eigenvalue weighted by Crippen LogP contribution is 2.42. The van der Waals surface area contributed by atoms with Crippen LogP contribution in [0.3, 0.4) is 0 Å². The second-order valence-corrected chi connectivity index (χ2v) is 5.17. The van der Waals surface area contributed by atoms with Crippen LogP contribution >= 0.6 is 0 Å². The molecule has 0 saturated carbocycles. The standard InChI is InChI=1S/C17H22N2O2/c1-4-20-13-9-10-14(21-5-2)17-15(13)16(18-3)11-7-6-8-12(11)19-17/h9-10H,4-8H2,1-3H3,(H,18,19). The number of rotatable bonds is 5. The zero-order chi connectivity index (χ0) is 14.8. The van der Waals surface area contributed by atoms with Crippen molar-refractivity contribution in [3.05, 3.63) is 23.4 Å². The third-order valence-electron chi connectivity index (χ3n) is 3.94. The molecule has 4 heteroatoms. The molecule has 0 unspecified atom stereocenters. The number of pyridine rings is 1. The van der Waals surface area contributed by atoms with Gasteiger partial charge in [-0.05, 0) is 50.8 Å². The molecule has 1 heterocycles. The van der Waals surface area contributed by atoms with Gasteiger partial charge in [0.25, 0.3) is 0 Å². The lowest BCUT2D eigenvalue weighted by Gasteiger charge is -2.17. The lowest BCUT2D eigenvalue weighted by molar-refractivity contribution is 0.336. The van der Waals surface area contributed by atoms with Crippen LogP contribution in [0.1, 0.15) is 31.5 Å². The Hall–Kier alpha value is -1.97. The van der Waals surface area contributed by atoms with Crippen molar-refractivity contribution < 1.29 is 9.47 Å². The predicted octanol–water partition coefficient (Wildman–Crippen LogP) is 3.56. The average Bonchev–Trinajstić information content (AvgIpc) is 2.96. The molecule has 0 bridgehead atoms. The van der Waals surface area contributed by atoms with Crippen molar-refractivity contribution in [2.45, 2.75) is 33.1 Å². The topological polar surface area (TPSA) is 43.4 Å². The van der Waals surface area contributed by atoms with E-state index in [1.165, 1.54) is 17.7 Å². The summed E-state index contributed by atoms with van der Waals surface area (Å²) in [6.45, 7) is 5.27. The number of aromatic nitrogens is 1. The third kappa shape index (κ3) is 2.28. The minimum Gasteiger partial charge on any atom is -0.493 e. The van der Waals surface area contributed by atoms with Gasteiger partial charge in [-0.2, -0.15) is 0 Å². The number of nitrogens with one attached hydrogen (secondary N) is 1. The molecule has 3 rings (SSSR count). The van der Waals surface area contributed by atoms with Crippen LogP contribution in [0.5, 0.6) is 11.5 Å². The molecule has 1 aromatic carbocycles. The summed E-state index contributed by atoms with van der Waals surface area (Å²) in [6.07, 6.45) is 3.30. The van der Waals surface area contributed by atoms with E-state index in [1.807, 2.05) is 33.0 Å². The maximum absolute atomic E-state index is 5.82. The highest BCUT2D eigenvalue weighted by Gasteiger charge is 2.23. The van der Waals surface area contributed by atoms with Gasteiger partial charge in [-0.15, -0.1) is 0 Å². The Morgan fingerprint density at radius 1 is 1.10 bits per heavy atom. The summed E-state index contributed by atoms with van der Waals surface area (Å²) in [6, 6.07) is 3.95. The van der Waals surface area contributed by atoms with Crippen LogP contribution in [0.15, 0.2) is 12.1 Å². The molecule has 1 aliphatic rings. The van der Waals surface area contributed by atoms with Gasteiger partial charge in [0.15, 0.2) is 0 Å². The third-order valence-corrected chi connectivity index (χ3v) is 3.94. The fourth-order valence-electron chi connectivity index (χ4n) is 3.14. The number of hydrogen-bond acceptors (Lipinski definition) is 4. The minimum absolute atomic E-state index is 0.636. The highest BCUT2D eigenvalue weighted by atomic mass is 16.5. The Morgan fingerprint density at radius 2 is 1.81 bits per heavy atom. The van der Waals surface area contributed by atoms with Crippen LogP contribution in [-0.4, -0.2) is 25.2 Å². The van der Waals surface area contributed by atoms with Gasteiger partial charge < -0.3 is 14.8 Å². The molecule has 2 aromatic rings. The summed E-state index contributed by atoms with van der Waals surface area (Å²) >= 11 is 0. The summed E-state index contributed by atoms with van der Waals surface area (Å²) in [7, 11) is 1.97. The fourth-order valence-corrected chi connectivity index (χ4v) is 3.14. The van der Waals surface area contributed by atoms with E-state index in [0.717, 1.165) is 40.9 Å². The monoisotopic (exact) mass is 286 g/mol. The Morgan fingerprint density at radius 3 is 2.52 bits per heavy atom. The Bertz CT molecular complexity index is 668. The molecule has 21 heavy (non-hydrogen) atoms. The summed E-state index contributed by atoms with van der Waals surface area (Å²) in [5.41, 5.74) is 4.59. The molecule has 1 aliphatic carbocycles. The number of nitrogens with zero attached hydrogens (tertiary/aromatic N) is 1. The molecule has 0 fully saturated rings. The van der Waals surface area contributed by atoms with Crippen LogP contribution in [0.2, 0.25) is 0 Å². The fraction of sp³-hybridized carbons (Fsp3) is 0.471. The molecule has 0 atom stereocenters. The van der Waals surface area contributed by atoms with Crippen molar-refractivity contribution in [2.24, 2.45) is 0 Å². The first-order valence-electron chi connectivity index (χ1n) is 7.71. The van der Waals surface area contributed by atoms with E-state index in [4.69, 9.17) is 14.5 Å². The number of ether oxygens (including phenoxy) is 2. The molecule has 0 radical (unpaired) electrons. The summed E-state index contributed by atoms with van der Waals surface area (Å²) in [4.78, 5) is 4.88. The van der Waals surface area contributed by atoms with Crippen molar-refractivity contribution >= 4 is 16.6 Å². The number of benzene rings is 1. The molecule has 112 valence electrons. The number of aryl methyl sites for hydroxylation is 1. The van der Waals surface area contributed by atoms with Gasteiger partial charge in [0.05, 0.1) is 24.3 Å². The van der Waals surface area contributed by atoms with Gasteiger partial charge in [-0.25, -0.2) is 4.98 Å². The maximum Gasteiger partial charge on any atom is 0.145 e. The van der Waals surface area contributed by atoms with Gasteiger partial charge >= 0.3 is 0 Å². The summed E-state index contributed by atoms with van der Waals surface area (Å²) in [5, 5.41) is 4.41. The van der Waals surface area contributed by atoms with E-state index in [-0.39, 0.29) is 0 Å². The average molecular weight is 286 g/mol. The molecule has 0 spiro atoms. The molecule has 1 aromatic heterocycles. The van der Waals surface area contributed by atoms with Gasteiger partial charge in [-0.1, -0.05) is 0 Å². The van der Waals surface area contributed by atoms with Crippen molar-refractivity contribution in [2.75, 3.05) is 25.6 Å². The normalized spacial score (nSPS) is 13.3. The summed E-state index contributed by atoms with van der Waals surface area (Å²) < 4.78 is 11.6. The van der Waals surface area contributed by atoms with E-state index in [0.29, 0.717) is 13.2 Å². The SMILES string of the molecule is CCOc1ccc(OCC)c2c(NC)c3c(nc12)CCC3. The van der Waals surface area contributed by atoms with E-state index in [1.54, 1.807) is 0 Å². The molecule has 0 aliphatic heterocycles. The summed E-state index contributed by atoms with van der Waals surface area (Å²) in [5.74, 6) is 1.71. The quantitative estimate of drug-likeness (QED) is 0.912. The maximum atomic E-state index is 5.82. The smallest absolute Gasteiger partial charge is 0.145 e. The first kappa shape index (κ1) is 14.0. The predicted molar refractivity (Wildman–Crippen MR) is 85.7 cm³/mol. The Balaban J connectivity index is 2.33. The largest absolute Gasteiger partial charge is 0.493 e. The zero-order valence-electron chi connectivity index (χ0n) is 13.0. The van der Waals surface area contributed by atoms with Crippen molar-refractivity contribution in [3.63, 3.8) is 0 Å². The minimum atomic E-state index is 0.636. The number of anilines is 1. The lowest BCUT2D eigenvalue weighted by Crippen LogP contribution is -2.04. The Kier molecular flexibility index (Phi) is 3.86. The Labute approximate surface area is 125 Å². The van der Waals surface area contributed by atoms with Crippen molar-refractivity contribution in [1.82, 2.24) is 4.98 Å². The van der Waals surface area contributed by atoms with Crippen LogP contribution in [0.25, 0.3) is 10.9 Å². The van der Waals surface area contributed by atoms with Crippen LogP contribution in [-0.2, 0) is 12.8 Å². The van der Waals surface area contributed by atoms with E-state index in [2.05, 4.69) is 5.32 Å². The number of fused-ring (bicyclic) bond motifs is 2. The van der Waals surface area contributed by atoms with Gasteiger partial charge in [0.1, 0.15) is 17.0 Å². The van der Waals surface area contributed by atoms with Crippen LogP contribution < -0.4 is 14.8 Å². The first-order chi connectivity index (χ1) is 10.3. The second kappa shape index (κ2) is 5.80. The molecule has 4 nitrogen and oxygen atoms in total. The zero-order valence-corrected chi connectivity index (χ0v) is 13.0. The molecule has 1 N–H and O–H groups in total. The van der Waals surface area contributed by atoms with E-state index in [9.17, 15) is 0 Å². The van der Waals surface area contributed by atoms with Crippen molar-refractivity contribution in [3.8, 4) is 11.5 Å². The lowest BCUT2D eigenvalue weighted by atomic mass is 10.1. The van der Waals surface area contributed by atoms with Gasteiger partial charge in [-0.3, -0.25) is 0 Å². The van der Waals surface area contributed by atoms with E-state index >= 15 is 0 Å². The van der Waals surface area contributed by atoms with Crippen LogP contribution in [0, 0.1) is 0 Å². The van der Waals surface area contributed by atoms with Gasteiger partial charge in [0, 0.05) is 12.7 Å². The molecular formula is C17H22N2O2. The van der Waals surface area contributed by atoms with Gasteiger partial charge in [0.2, 0.25) is 0 Å². The first-order valence-corrected chi connectivity index (χ1v) is 7.71. The van der Waals surface area contributed by atoms with E-state index < -0.39 is 0 Å². The van der Waals surface area contributed by atoms with Crippen LogP contribution in [0.4, 0.5) is 5.69 Å².